The molecule has 1 aliphatic carbocycles. The minimum absolute atomic E-state index is 0.118. The molecule has 1 fully saturated rings. The molecule has 0 heterocycles. The third-order valence-electron chi connectivity index (χ3n) is 6.60. The Morgan fingerprint density at radius 2 is 1.64 bits per heavy atom. The quantitative estimate of drug-likeness (QED) is 0.440. The Bertz CT molecular complexity index is 1130. The monoisotopic (exact) mass is 577 g/mol. The second kappa shape index (κ2) is 12.7. The van der Waals surface area contributed by atoms with E-state index in [1.165, 1.54) is 11.3 Å². The van der Waals surface area contributed by atoms with E-state index in [-0.39, 0.29) is 25.0 Å². The number of hydrogen-bond donors (Lipinski definition) is 1. The highest BCUT2D eigenvalue weighted by Crippen LogP contribution is 2.23. The number of nitrogens with one attached hydrogen (secondary N) is 1. The third-order valence-corrected chi connectivity index (χ3v) is 8.27. The predicted octanol–water partition coefficient (Wildman–Crippen LogP) is 4.78. The third kappa shape index (κ3) is 7.80. The summed E-state index contributed by atoms with van der Waals surface area (Å²) in [6.45, 7) is 3.69. The highest BCUT2D eigenvalue weighted by molar-refractivity contribution is 9.10. The van der Waals surface area contributed by atoms with Gasteiger partial charge in [-0.2, -0.15) is 0 Å². The summed E-state index contributed by atoms with van der Waals surface area (Å²) in [4.78, 5) is 28.6. The first-order valence-corrected chi connectivity index (χ1v) is 15.1. The van der Waals surface area contributed by atoms with Gasteiger partial charge in [0.2, 0.25) is 21.8 Å². The van der Waals surface area contributed by atoms with Crippen LogP contribution in [0.15, 0.2) is 53.0 Å². The maximum Gasteiger partial charge on any atom is 0.244 e. The first kappa shape index (κ1) is 28.2. The summed E-state index contributed by atoms with van der Waals surface area (Å²) in [6.07, 6.45) is 6.75. The lowest BCUT2D eigenvalue weighted by atomic mass is 9.95. The fourth-order valence-corrected chi connectivity index (χ4v) is 5.69. The van der Waals surface area contributed by atoms with Gasteiger partial charge in [-0.25, -0.2) is 8.42 Å². The van der Waals surface area contributed by atoms with Crippen LogP contribution >= 0.6 is 15.9 Å². The van der Waals surface area contributed by atoms with Crippen molar-refractivity contribution in [2.24, 2.45) is 0 Å². The van der Waals surface area contributed by atoms with E-state index in [1.54, 1.807) is 24.3 Å². The van der Waals surface area contributed by atoms with Crippen LogP contribution < -0.4 is 9.62 Å². The molecule has 2 aromatic carbocycles. The molecular weight excluding hydrogens is 542 g/mol. The van der Waals surface area contributed by atoms with Crippen molar-refractivity contribution < 1.29 is 18.0 Å². The van der Waals surface area contributed by atoms with Gasteiger partial charge >= 0.3 is 0 Å². The molecule has 0 saturated heterocycles. The van der Waals surface area contributed by atoms with E-state index < -0.39 is 22.0 Å². The topological polar surface area (TPSA) is 86.8 Å². The van der Waals surface area contributed by atoms with Crippen molar-refractivity contribution in [3.05, 3.63) is 64.1 Å². The maximum absolute atomic E-state index is 13.7. The highest BCUT2D eigenvalue weighted by atomic mass is 79.9. The summed E-state index contributed by atoms with van der Waals surface area (Å²) in [5, 5.41) is 3.15. The van der Waals surface area contributed by atoms with Crippen molar-refractivity contribution in [3.63, 3.8) is 0 Å². The lowest BCUT2D eigenvalue weighted by Gasteiger charge is -2.34. The Kier molecular flexibility index (Phi) is 9.96. The number of halogens is 1. The minimum atomic E-state index is -3.74. The van der Waals surface area contributed by atoms with Crippen molar-refractivity contribution in [1.82, 2.24) is 10.2 Å². The van der Waals surface area contributed by atoms with Gasteiger partial charge in [0.1, 0.15) is 12.6 Å². The van der Waals surface area contributed by atoms with Gasteiger partial charge in [0.05, 0.1) is 11.9 Å². The van der Waals surface area contributed by atoms with E-state index in [1.807, 2.05) is 38.1 Å². The number of anilines is 1. The van der Waals surface area contributed by atoms with E-state index >= 15 is 0 Å². The van der Waals surface area contributed by atoms with Crippen LogP contribution in [0.5, 0.6) is 0 Å². The molecule has 0 spiro atoms. The Balaban J connectivity index is 1.89. The first-order chi connectivity index (χ1) is 17.1. The molecule has 0 radical (unpaired) electrons. The Labute approximate surface area is 223 Å². The molecule has 0 unspecified atom stereocenters. The summed E-state index contributed by atoms with van der Waals surface area (Å²) in [5.74, 6) is -0.603. The van der Waals surface area contributed by atoms with Gasteiger partial charge in [0, 0.05) is 17.1 Å². The molecule has 3 rings (SSSR count). The summed E-state index contributed by atoms with van der Waals surface area (Å²) < 4.78 is 27.2. The summed E-state index contributed by atoms with van der Waals surface area (Å²) in [6, 6.07) is 14.0. The molecule has 1 aliphatic rings. The lowest BCUT2D eigenvalue weighted by molar-refractivity contribution is -0.140. The van der Waals surface area contributed by atoms with Gasteiger partial charge in [0.15, 0.2) is 0 Å². The van der Waals surface area contributed by atoms with Gasteiger partial charge in [0.25, 0.3) is 0 Å². The molecule has 2 aromatic rings. The van der Waals surface area contributed by atoms with Crippen molar-refractivity contribution in [1.29, 1.82) is 0 Å². The first-order valence-electron chi connectivity index (χ1n) is 12.5. The minimum Gasteiger partial charge on any atom is -0.352 e. The standard InChI is InChI=1S/C27H36BrN3O4S/c1-4-25(27(33)29-23-8-6-5-7-9-23)30(18-21-12-10-20(2)11-13-21)26(32)19-31(36(3,34)35)24-16-14-22(28)15-17-24/h10-17,23,25H,4-9,18-19H2,1-3H3,(H,29,33)/t25-/m1/s1. The molecule has 9 heteroatoms. The Morgan fingerprint density at radius 3 is 2.19 bits per heavy atom. The molecule has 7 nitrogen and oxygen atoms in total. The molecule has 0 aromatic heterocycles. The SMILES string of the molecule is CC[C@H](C(=O)NC1CCCCC1)N(Cc1ccc(C)cc1)C(=O)CN(c1ccc(Br)cc1)S(C)(=O)=O. The Morgan fingerprint density at radius 1 is 1.03 bits per heavy atom. The van der Waals surface area contributed by atoms with Crippen LogP contribution in [-0.4, -0.2) is 50.0 Å². The van der Waals surface area contributed by atoms with E-state index in [4.69, 9.17) is 0 Å². The van der Waals surface area contributed by atoms with Crippen LogP contribution in [0.2, 0.25) is 0 Å². The zero-order valence-electron chi connectivity index (χ0n) is 21.2. The maximum atomic E-state index is 13.7. The van der Waals surface area contributed by atoms with Gasteiger partial charge in [-0.15, -0.1) is 0 Å². The zero-order valence-corrected chi connectivity index (χ0v) is 23.6. The van der Waals surface area contributed by atoms with E-state index in [0.717, 1.165) is 51.8 Å². The van der Waals surface area contributed by atoms with Gasteiger partial charge in [-0.3, -0.25) is 13.9 Å². The van der Waals surface area contributed by atoms with Gasteiger partial charge in [-0.05, 0) is 56.0 Å². The number of amides is 2. The fourth-order valence-electron chi connectivity index (χ4n) is 4.58. The van der Waals surface area contributed by atoms with Crippen molar-refractivity contribution in [3.8, 4) is 0 Å². The van der Waals surface area contributed by atoms with Crippen molar-refractivity contribution in [2.45, 2.75) is 71.0 Å². The van der Waals surface area contributed by atoms with Crippen molar-refractivity contribution >= 4 is 43.5 Å². The van der Waals surface area contributed by atoms with Gasteiger partial charge < -0.3 is 10.2 Å². The number of nitrogens with zero attached hydrogens (tertiary/aromatic N) is 2. The van der Waals surface area contributed by atoms with Gasteiger partial charge in [-0.1, -0.05) is 71.9 Å². The average Bonchev–Trinajstić information content (AvgIpc) is 2.84. The molecular formula is C27H36BrN3O4S. The van der Waals surface area contributed by atoms with E-state index in [2.05, 4.69) is 21.2 Å². The van der Waals surface area contributed by atoms with Crippen LogP contribution in [0.3, 0.4) is 0 Å². The molecule has 2 amide bonds. The highest BCUT2D eigenvalue weighted by Gasteiger charge is 2.32. The smallest absolute Gasteiger partial charge is 0.244 e. The fraction of sp³-hybridized carbons (Fsp3) is 0.481. The number of rotatable bonds is 10. The molecule has 1 atom stereocenters. The molecule has 1 N–H and O–H groups in total. The van der Waals surface area contributed by atoms with E-state index in [9.17, 15) is 18.0 Å². The van der Waals surface area contributed by atoms with Crippen LogP contribution in [0.1, 0.15) is 56.6 Å². The molecule has 0 aliphatic heterocycles. The average molecular weight is 579 g/mol. The number of benzene rings is 2. The molecule has 1 saturated carbocycles. The number of aryl methyl sites for hydroxylation is 1. The molecule has 196 valence electrons. The number of carbonyl (C=O) groups is 2. The van der Waals surface area contributed by atoms with Crippen LogP contribution in [0, 0.1) is 6.92 Å². The second-order valence-electron chi connectivity index (χ2n) is 9.52. The lowest BCUT2D eigenvalue weighted by Crippen LogP contribution is -2.53. The zero-order chi connectivity index (χ0) is 26.3. The van der Waals surface area contributed by atoms with Crippen LogP contribution in [0.4, 0.5) is 5.69 Å². The van der Waals surface area contributed by atoms with Crippen molar-refractivity contribution in [2.75, 3.05) is 17.1 Å². The Hall–Kier alpha value is -2.39. The predicted molar refractivity (Wildman–Crippen MR) is 147 cm³/mol. The summed E-state index contributed by atoms with van der Waals surface area (Å²) in [5.41, 5.74) is 2.37. The second-order valence-corrected chi connectivity index (χ2v) is 12.3. The van der Waals surface area contributed by atoms with E-state index in [0.29, 0.717) is 12.1 Å². The summed E-state index contributed by atoms with van der Waals surface area (Å²) >= 11 is 3.36. The molecule has 0 bridgehead atoms. The number of carbonyl (C=O) groups excluding carboxylic acids is 2. The molecule has 36 heavy (non-hydrogen) atoms. The van der Waals surface area contributed by atoms with Crippen LogP contribution in [-0.2, 0) is 26.2 Å². The number of hydrogen-bond acceptors (Lipinski definition) is 4. The number of sulfonamides is 1. The summed E-state index contributed by atoms with van der Waals surface area (Å²) in [7, 11) is -3.74. The largest absolute Gasteiger partial charge is 0.352 e. The van der Waals surface area contributed by atoms with Crippen LogP contribution in [0.25, 0.3) is 0 Å². The normalized spacial score (nSPS) is 15.2.